The number of carbonyl (C=O) groups excluding carboxylic acids is 1. The molecule has 1 rings (SSSR count). The topological polar surface area (TPSA) is 29.1 Å². The van der Waals surface area contributed by atoms with E-state index in [4.69, 9.17) is 0 Å². The Hall–Kier alpha value is -0.370. The molecule has 0 aromatic heterocycles. The minimum atomic E-state index is 0.214. The average molecular weight is 225 g/mol. The van der Waals surface area contributed by atoms with E-state index in [2.05, 4.69) is 19.2 Å². The molecule has 2 heteroatoms. The van der Waals surface area contributed by atoms with Crippen molar-refractivity contribution in [2.45, 2.75) is 71.9 Å². The summed E-state index contributed by atoms with van der Waals surface area (Å²) in [6.07, 6.45) is 5.75. The molecule has 0 spiro atoms. The second kappa shape index (κ2) is 6.39. The van der Waals surface area contributed by atoms with Crippen molar-refractivity contribution in [3.63, 3.8) is 0 Å². The number of hydrogen-bond donors (Lipinski definition) is 1. The molecule has 0 aromatic carbocycles. The van der Waals surface area contributed by atoms with E-state index in [1.54, 1.807) is 0 Å². The zero-order chi connectivity index (χ0) is 12.1. The molecular formula is C14H27NO. The molecule has 16 heavy (non-hydrogen) atoms. The number of Topliss-reactive ketones (excluding diaryl/α,β-unsaturated/α-hetero) is 1. The summed E-state index contributed by atoms with van der Waals surface area (Å²) in [4.78, 5) is 11.7. The van der Waals surface area contributed by atoms with Crippen LogP contribution in [-0.4, -0.2) is 17.9 Å². The van der Waals surface area contributed by atoms with Gasteiger partial charge in [0.05, 0.1) is 0 Å². The molecule has 2 nitrogen and oxygen atoms in total. The molecule has 1 aliphatic rings. The van der Waals surface area contributed by atoms with E-state index in [9.17, 15) is 4.79 Å². The van der Waals surface area contributed by atoms with Crippen LogP contribution in [0.3, 0.4) is 0 Å². The number of rotatable bonds is 5. The lowest BCUT2D eigenvalue weighted by atomic mass is 9.81. The van der Waals surface area contributed by atoms with Crippen molar-refractivity contribution >= 4 is 5.78 Å². The molecule has 0 atom stereocenters. The maximum absolute atomic E-state index is 11.7. The van der Waals surface area contributed by atoms with Gasteiger partial charge in [0.2, 0.25) is 0 Å². The molecule has 1 N–H and O–H groups in total. The van der Waals surface area contributed by atoms with Gasteiger partial charge < -0.3 is 5.32 Å². The quantitative estimate of drug-likeness (QED) is 0.778. The third-order valence-electron chi connectivity index (χ3n) is 3.55. The average Bonchev–Trinajstić information content (AvgIpc) is 2.20. The third kappa shape index (κ3) is 4.65. The lowest BCUT2D eigenvalue weighted by Gasteiger charge is -2.30. The van der Waals surface area contributed by atoms with Crippen LogP contribution in [0.25, 0.3) is 0 Å². The molecule has 0 radical (unpaired) electrons. The standard InChI is InChI=1S/C14H27NO/c1-10(2)14(16)9-12-5-7-13(8-6-12)15-11(3)4/h10-13,15H,5-9H2,1-4H3/t12-,13-. The van der Waals surface area contributed by atoms with E-state index in [1.807, 2.05) is 13.8 Å². The first kappa shape index (κ1) is 13.7. The van der Waals surface area contributed by atoms with E-state index < -0.39 is 0 Å². The second-order valence-electron chi connectivity index (χ2n) is 5.86. The van der Waals surface area contributed by atoms with Gasteiger partial charge in [-0.25, -0.2) is 0 Å². The van der Waals surface area contributed by atoms with Gasteiger partial charge in [-0.1, -0.05) is 27.7 Å². The molecule has 0 unspecified atom stereocenters. The summed E-state index contributed by atoms with van der Waals surface area (Å²) < 4.78 is 0. The van der Waals surface area contributed by atoms with Crippen molar-refractivity contribution in [3.05, 3.63) is 0 Å². The summed E-state index contributed by atoms with van der Waals surface area (Å²) in [5, 5.41) is 3.59. The molecule has 1 fully saturated rings. The van der Waals surface area contributed by atoms with E-state index in [0.29, 0.717) is 23.8 Å². The fourth-order valence-electron chi connectivity index (χ4n) is 2.52. The van der Waals surface area contributed by atoms with Gasteiger partial charge in [0, 0.05) is 24.4 Å². The van der Waals surface area contributed by atoms with Crippen LogP contribution in [0.15, 0.2) is 0 Å². The predicted octanol–water partition coefficient (Wildman–Crippen LogP) is 3.16. The third-order valence-corrected chi connectivity index (χ3v) is 3.55. The second-order valence-corrected chi connectivity index (χ2v) is 5.86. The fraction of sp³-hybridized carbons (Fsp3) is 0.929. The maximum atomic E-state index is 11.7. The van der Waals surface area contributed by atoms with E-state index in [0.717, 1.165) is 6.42 Å². The first-order chi connectivity index (χ1) is 7.49. The Balaban J connectivity index is 2.24. The van der Waals surface area contributed by atoms with Crippen LogP contribution in [0.2, 0.25) is 0 Å². The minimum absolute atomic E-state index is 0.214. The summed E-state index contributed by atoms with van der Waals surface area (Å²) >= 11 is 0. The highest BCUT2D eigenvalue weighted by molar-refractivity contribution is 5.80. The Morgan fingerprint density at radius 1 is 1.12 bits per heavy atom. The van der Waals surface area contributed by atoms with Gasteiger partial charge in [-0.05, 0) is 31.6 Å². The van der Waals surface area contributed by atoms with Gasteiger partial charge >= 0.3 is 0 Å². The van der Waals surface area contributed by atoms with E-state index in [1.165, 1.54) is 25.7 Å². The van der Waals surface area contributed by atoms with Crippen molar-refractivity contribution < 1.29 is 4.79 Å². The van der Waals surface area contributed by atoms with Crippen molar-refractivity contribution in [1.29, 1.82) is 0 Å². The Morgan fingerprint density at radius 3 is 2.12 bits per heavy atom. The molecule has 0 bridgehead atoms. The summed E-state index contributed by atoms with van der Waals surface area (Å²) in [6.45, 7) is 8.42. The molecule has 0 amide bonds. The monoisotopic (exact) mass is 225 g/mol. The normalized spacial score (nSPS) is 26.4. The van der Waals surface area contributed by atoms with Gasteiger partial charge in [-0.3, -0.25) is 4.79 Å². The SMILES string of the molecule is CC(C)N[C@H]1CC[C@H](CC(=O)C(C)C)CC1. The summed E-state index contributed by atoms with van der Waals surface area (Å²) in [5.41, 5.74) is 0. The minimum Gasteiger partial charge on any atom is -0.312 e. The Labute approximate surface area is 100 Å². The number of hydrogen-bond acceptors (Lipinski definition) is 2. The summed E-state index contributed by atoms with van der Waals surface area (Å²) in [7, 11) is 0. The lowest BCUT2D eigenvalue weighted by molar-refractivity contribution is -0.123. The van der Waals surface area contributed by atoms with Crippen LogP contribution in [0.5, 0.6) is 0 Å². The summed E-state index contributed by atoms with van der Waals surface area (Å²) in [5.74, 6) is 1.31. The molecule has 1 aliphatic carbocycles. The van der Waals surface area contributed by atoms with Crippen LogP contribution in [-0.2, 0) is 4.79 Å². The number of ketones is 1. The first-order valence-corrected chi connectivity index (χ1v) is 6.77. The maximum Gasteiger partial charge on any atom is 0.135 e. The predicted molar refractivity (Wildman–Crippen MR) is 68.5 cm³/mol. The van der Waals surface area contributed by atoms with Crippen LogP contribution in [0.1, 0.15) is 59.8 Å². The highest BCUT2D eigenvalue weighted by atomic mass is 16.1. The molecule has 0 aliphatic heterocycles. The van der Waals surface area contributed by atoms with Crippen molar-refractivity contribution in [2.24, 2.45) is 11.8 Å². The van der Waals surface area contributed by atoms with Gasteiger partial charge in [-0.2, -0.15) is 0 Å². The molecule has 0 saturated heterocycles. The van der Waals surface area contributed by atoms with Crippen LogP contribution >= 0.6 is 0 Å². The Morgan fingerprint density at radius 2 is 1.69 bits per heavy atom. The van der Waals surface area contributed by atoms with E-state index >= 15 is 0 Å². The fourth-order valence-corrected chi connectivity index (χ4v) is 2.52. The summed E-state index contributed by atoms with van der Waals surface area (Å²) in [6, 6.07) is 1.27. The Kier molecular flexibility index (Phi) is 5.47. The van der Waals surface area contributed by atoms with Gasteiger partial charge in [0.1, 0.15) is 5.78 Å². The van der Waals surface area contributed by atoms with Crippen molar-refractivity contribution in [3.8, 4) is 0 Å². The van der Waals surface area contributed by atoms with Gasteiger partial charge in [-0.15, -0.1) is 0 Å². The van der Waals surface area contributed by atoms with Crippen LogP contribution in [0.4, 0.5) is 0 Å². The molecular weight excluding hydrogens is 198 g/mol. The van der Waals surface area contributed by atoms with Crippen LogP contribution < -0.4 is 5.32 Å². The highest BCUT2D eigenvalue weighted by Crippen LogP contribution is 2.28. The molecule has 0 aromatic rings. The lowest BCUT2D eigenvalue weighted by Crippen LogP contribution is -2.37. The van der Waals surface area contributed by atoms with Crippen molar-refractivity contribution in [2.75, 3.05) is 0 Å². The van der Waals surface area contributed by atoms with E-state index in [-0.39, 0.29) is 5.92 Å². The van der Waals surface area contributed by atoms with Gasteiger partial charge in [0.15, 0.2) is 0 Å². The zero-order valence-electron chi connectivity index (χ0n) is 11.3. The zero-order valence-corrected chi connectivity index (χ0v) is 11.3. The number of carbonyl (C=O) groups is 1. The van der Waals surface area contributed by atoms with Crippen LogP contribution in [0, 0.1) is 11.8 Å². The highest BCUT2D eigenvalue weighted by Gasteiger charge is 2.23. The smallest absolute Gasteiger partial charge is 0.135 e. The molecule has 0 heterocycles. The van der Waals surface area contributed by atoms with Crippen molar-refractivity contribution in [1.82, 2.24) is 5.32 Å². The molecule has 94 valence electrons. The largest absolute Gasteiger partial charge is 0.312 e. The first-order valence-electron chi connectivity index (χ1n) is 6.77. The number of nitrogens with one attached hydrogen (secondary N) is 1. The Bertz CT molecular complexity index is 215. The van der Waals surface area contributed by atoms with Gasteiger partial charge in [0.25, 0.3) is 0 Å². The molecule has 1 saturated carbocycles.